The van der Waals surface area contributed by atoms with Gasteiger partial charge in [-0.05, 0) is 44.6 Å². The summed E-state index contributed by atoms with van der Waals surface area (Å²) in [7, 11) is 0. The lowest BCUT2D eigenvalue weighted by Crippen LogP contribution is -2.47. The molecule has 0 unspecified atom stereocenters. The Kier molecular flexibility index (Phi) is 4.40. The Morgan fingerprint density at radius 3 is 2.38 bits per heavy atom. The number of piperidine rings is 1. The molecule has 0 aromatic carbocycles. The summed E-state index contributed by atoms with van der Waals surface area (Å²) in [6.45, 7) is 6.23. The molecule has 0 amide bonds. The maximum absolute atomic E-state index is 4.88. The molecule has 0 saturated carbocycles. The maximum Gasteiger partial charge on any atom is 0.227 e. The number of rotatable bonds is 3. The van der Waals surface area contributed by atoms with Gasteiger partial charge in [0.2, 0.25) is 5.95 Å². The van der Waals surface area contributed by atoms with E-state index in [0.29, 0.717) is 0 Å². The molecule has 1 aliphatic carbocycles. The van der Waals surface area contributed by atoms with Gasteiger partial charge in [-0.3, -0.25) is 0 Å². The van der Waals surface area contributed by atoms with Crippen LogP contribution in [-0.4, -0.2) is 54.2 Å². The fourth-order valence-corrected chi connectivity index (χ4v) is 5.40. The lowest BCUT2D eigenvalue weighted by molar-refractivity contribution is 0.567. The largest absolute Gasteiger partial charge is 0.353 e. The number of anilines is 3. The summed E-state index contributed by atoms with van der Waals surface area (Å²) in [5.41, 5.74) is 1.36. The molecular weight excluding hydrogens is 344 g/mol. The summed E-state index contributed by atoms with van der Waals surface area (Å²) in [4.78, 5) is 23.0. The molecule has 0 N–H and O–H groups in total. The van der Waals surface area contributed by atoms with Crippen LogP contribution in [0.15, 0.2) is 12.3 Å². The first-order valence-electron chi connectivity index (χ1n) is 9.93. The summed E-state index contributed by atoms with van der Waals surface area (Å²) >= 11 is 1.91. The third-order valence-electron chi connectivity index (χ3n) is 5.73. The first-order valence-corrected chi connectivity index (χ1v) is 10.7. The molecule has 2 saturated heterocycles. The SMILES string of the molecule is c1cc(N2CCN(c3nc4c(s3)CCC4)CC2)nc(N2CCCCC2)n1. The van der Waals surface area contributed by atoms with Gasteiger partial charge in [0.05, 0.1) is 5.69 Å². The van der Waals surface area contributed by atoms with Crippen molar-refractivity contribution in [2.75, 3.05) is 54.0 Å². The number of piperazine rings is 1. The fourth-order valence-electron chi connectivity index (χ4n) is 4.20. The number of nitrogens with zero attached hydrogens (tertiary/aromatic N) is 6. The Labute approximate surface area is 158 Å². The number of thiazole rings is 1. The predicted octanol–water partition coefficient (Wildman–Crippen LogP) is 2.74. The Morgan fingerprint density at radius 2 is 1.58 bits per heavy atom. The molecule has 0 radical (unpaired) electrons. The van der Waals surface area contributed by atoms with Gasteiger partial charge in [0.25, 0.3) is 0 Å². The minimum absolute atomic E-state index is 0.904. The van der Waals surface area contributed by atoms with Gasteiger partial charge in [0.1, 0.15) is 5.82 Å². The van der Waals surface area contributed by atoms with Gasteiger partial charge >= 0.3 is 0 Å². The molecule has 2 aromatic rings. The Bertz CT molecular complexity index is 740. The molecule has 7 heteroatoms. The molecule has 0 bridgehead atoms. The standard InChI is InChI=1S/C19H26N6S/c1-2-9-24(10-3-1)18-20-8-7-17(22-18)23-11-13-25(14-12-23)19-21-15-5-4-6-16(15)26-19/h7-8H,1-6,9-14H2. The van der Waals surface area contributed by atoms with Gasteiger partial charge < -0.3 is 14.7 Å². The van der Waals surface area contributed by atoms with E-state index < -0.39 is 0 Å². The number of hydrogen-bond donors (Lipinski definition) is 0. The van der Waals surface area contributed by atoms with Crippen LogP contribution in [0.1, 0.15) is 36.3 Å². The minimum atomic E-state index is 0.904. The van der Waals surface area contributed by atoms with Gasteiger partial charge in [-0.15, -0.1) is 11.3 Å². The van der Waals surface area contributed by atoms with Crippen LogP contribution < -0.4 is 14.7 Å². The molecule has 2 aliphatic heterocycles. The zero-order chi connectivity index (χ0) is 17.3. The highest BCUT2D eigenvalue weighted by Crippen LogP contribution is 2.33. The van der Waals surface area contributed by atoms with Gasteiger partial charge in [-0.25, -0.2) is 9.97 Å². The molecule has 26 heavy (non-hydrogen) atoms. The van der Waals surface area contributed by atoms with E-state index in [1.807, 2.05) is 17.5 Å². The average Bonchev–Trinajstić information content (AvgIpc) is 3.31. The van der Waals surface area contributed by atoms with Crippen molar-refractivity contribution in [2.45, 2.75) is 38.5 Å². The Morgan fingerprint density at radius 1 is 0.769 bits per heavy atom. The monoisotopic (exact) mass is 370 g/mol. The molecule has 0 atom stereocenters. The van der Waals surface area contributed by atoms with E-state index in [-0.39, 0.29) is 0 Å². The zero-order valence-electron chi connectivity index (χ0n) is 15.2. The van der Waals surface area contributed by atoms with Crippen molar-refractivity contribution in [3.63, 3.8) is 0 Å². The fraction of sp³-hybridized carbons (Fsp3) is 0.632. The van der Waals surface area contributed by atoms with Crippen molar-refractivity contribution < 1.29 is 0 Å². The molecule has 3 aliphatic rings. The summed E-state index contributed by atoms with van der Waals surface area (Å²) in [5, 5.41) is 1.23. The summed E-state index contributed by atoms with van der Waals surface area (Å²) < 4.78 is 0. The lowest BCUT2D eigenvalue weighted by atomic mass is 10.1. The third kappa shape index (κ3) is 3.13. The van der Waals surface area contributed by atoms with E-state index in [1.54, 1.807) is 0 Å². The van der Waals surface area contributed by atoms with Crippen molar-refractivity contribution in [3.05, 3.63) is 22.8 Å². The van der Waals surface area contributed by atoms with Crippen LogP contribution in [-0.2, 0) is 12.8 Å². The van der Waals surface area contributed by atoms with Crippen LogP contribution in [0.5, 0.6) is 0 Å². The number of aromatic nitrogens is 3. The van der Waals surface area contributed by atoms with Crippen LogP contribution in [0.25, 0.3) is 0 Å². The molecule has 5 rings (SSSR count). The molecule has 6 nitrogen and oxygen atoms in total. The summed E-state index contributed by atoms with van der Waals surface area (Å²) in [6.07, 6.45) is 9.45. The molecule has 0 spiro atoms. The van der Waals surface area contributed by atoms with Gasteiger partial charge in [0.15, 0.2) is 5.13 Å². The second kappa shape index (κ2) is 7.02. The predicted molar refractivity (Wildman–Crippen MR) is 107 cm³/mol. The highest BCUT2D eigenvalue weighted by atomic mass is 32.1. The van der Waals surface area contributed by atoms with E-state index in [0.717, 1.165) is 51.0 Å². The number of hydrogen-bond acceptors (Lipinski definition) is 7. The normalized spacial score (nSPS) is 20.5. The topological polar surface area (TPSA) is 48.4 Å². The van der Waals surface area contributed by atoms with Crippen molar-refractivity contribution in [2.24, 2.45) is 0 Å². The van der Waals surface area contributed by atoms with E-state index >= 15 is 0 Å². The quantitative estimate of drug-likeness (QED) is 0.828. The van der Waals surface area contributed by atoms with Crippen molar-refractivity contribution in [1.29, 1.82) is 0 Å². The maximum atomic E-state index is 4.88. The second-order valence-electron chi connectivity index (χ2n) is 7.46. The zero-order valence-corrected chi connectivity index (χ0v) is 16.0. The number of aryl methyl sites for hydroxylation is 2. The van der Waals surface area contributed by atoms with Gasteiger partial charge in [-0.2, -0.15) is 4.98 Å². The van der Waals surface area contributed by atoms with Crippen LogP contribution >= 0.6 is 11.3 Å². The second-order valence-corrected chi connectivity index (χ2v) is 8.52. The first-order chi connectivity index (χ1) is 12.9. The van der Waals surface area contributed by atoms with Crippen LogP contribution in [0.4, 0.5) is 16.9 Å². The molecule has 2 fully saturated rings. The third-order valence-corrected chi connectivity index (χ3v) is 6.94. The number of fused-ring (bicyclic) bond motifs is 1. The molecule has 4 heterocycles. The van der Waals surface area contributed by atoms with Crippen LogP contribution in [0.3, 0.4) is 0 Å². The smallest absolute Gasteiger partial charge is 0.227 e. The molecule has 138 valence electrons. The molecule has 2 aromatic heterocycles. The highest BCUT2D eigenvalue weighted by Gasteiger charge is 2.24. The van der Waals surface area contributed by atoms with E-state index in [1.165, 1.54) is 54.2 Å². The first kappa shape index (κ1) is 16.3. The summed E-state index contributed by atoms with van der Waals surface area (Å²) in [6, 6.07) is 2.06. The Balaban J connectivity index is 1.25. The van der Waals surface area contributed by atoms with Crippen LogP contribution in [0, 0.1) is 0 Å². The molecular formula is C19H26N6S. The minimum Gasteiger partial charge on any atom is -0.353 e. The van der Waals surface area contributed by atoms with E-state index in [4.69, 9.17) is 9.97 Å². The van der Waals surface area contributed by atoms with Crippen molar-refractivity contribution in [3.8, 4) is 0 Å². The Hall–Kier alpha value is -1.89. The lowest BCUT2D eigenvalue weighted by Gasteiger charge is -2.35. The summed E-state index contributed by atoms with van der Waals surface area (Å²) in [5.74, 6) is 1.97. The van der Waals surface area contributed by atoms with Gasteiger partial charge in [-0.1, -0.05) is 0 Å². The van der Waals surface area contributed by atoms with E-state index in [9.17, 15) is 0 Å². The van der Waals surface area contributed by atoms with E-state index in [2.05, 4.69) is 25.8 Å². The van der Waals surface area contributed by atoms with Crippen molar-refractivity contribution >= 4 is 28.2 Å². The highest BCUT2D eigenvalue weighted by molar-refractivity contribution is 7.15. The van der Waals surface area contributed by atoms with Crippen LogP contribution in [0.2, 0.25) is 0 Å². The van der Waals surface area contributed by atoms with Gasteiger partial charge in [0, 0.05) is 50.3 Å². The average molecular weight is 371 g/mol. The van der Waals surface area contributed by atoms with Crippen molar-refractivity contribution in [1.82, 2.24) is 15.0 Å².